The number of halogens is 2. The zero-order valence-electron chi connectivity index (χ0n) is 17.1. The standard InChI is InChI=1S/C14H11BrO4S.C9H7BrOS/c1-19-10-5-11-6(2-9(10)15)3-12(20-11)13(16)7-4-8(7)14(17)18;1-11-8-5-9-6(2-3-12-9)4-7(8)10/h2-3,5,7-8H,4H2,1H3,(H,17,18);2-5H,1H3/t7-,8+;/m1./s1. The van der Waals surface area contributed by atoms with Crippen molar-refractivity contribution in [3.05, 3.63) is 55.6 Å². The Morgan fingerprint density at radius 1 is 0.938 bits per heavy atom. The number of ether oxygens (including phenoxy) is 2. The van der Waals surface area contributed by atoms with Crippen LogP contribution in [0, 0.1) is 11.8 Å². The molecule has 9 heteroatoms. The number of methoxy groups -OCH3 is 2. The number of aliphatic carboxylic acids is 1. The van der Waals surface area contributed by atoms with Gasteiger partial charge in [-0.05, 0) is 90.8 Å². The van der Waals surface area contributed by atoms with Crippen LogP contribution in [0.15, 0.2) is 50.7 Å². The molecular formula is C23H18Br2O5S2. The number of hydrogen-bond donors (Lipinski definition) is 1. The first-order valence-corrected chi connectivity index (χ1v) is 12.9. The smallest absolute Gasteiger partial charge is 0.307 e. The highest BCUT2D eigenvalue weighted by Crippen LogP contribution is 2.43. The molecular weight excluding hydrogens is 580 g/mol. The minimum Gasteiger partial charge on any atom is -0.496 e. The molecule has 0 saturated heterocycles. The predicted octanol–water partition coefficient (Wildman–Crippen LogP) is 7.25. The van der Waals surface area contributed by atoms with Gasteiger partial charge in [-0.15, -0.1) is 22.7 Å². The molecule has 2 aromatic carbocycles. The molecule has 5 rings (SSSR count). The Morgan fingerprint density at radius 2 is 1.56 bits per heavy atom. The van der Waals surface area contributed by atoms with E-state index in [2.05, 4.69) is 49.4 Å². The number of carbonyl (C=O) groups is 2. The van der Waals surface area contributed by atoms with Gasteiger partial charge in [0.05, 0.1) is 34.0 Å². The normalized spacial score (nSPS) is 17.0. The van der Waals surface area contributed by atoms with Crippen LogP contribution in [0.2, 0.25) is 0 Å². The second-order valence-electron chi connectivity index (χ2n) is 7.23. The van der Waals surface area contributed by atoms with Gasteiger partial charge in [0.25, 0.3) is 0 Å². The molecule has 1 N–H and O–H groups in total. The summed E-state index contributed by atoms with van der Waals surface area (Å²) in [6, 6.07) is 11.8. The van der Waals surface area contributed by atoms with Gasteiger partial charge in [0.2, 0.25) is 0 Å². The number of ketones is 1. The highest BCUT2D eigenvalue weighted by Gasteiger charge is 2.48. The lowest BCUT2D eigenvalue weighted by Gasteiger charge is -2.01. The molecule has 4 aromatic rings. The molecule has 2 heterocycles. The topological polar surface area (TPSA) is 72.8 Å². The van der Waals surface area contributed by atoms with Crippen molar-refractivity contribution in [2.75, 3.05) is 14.2 Å². The molecule has 0 bridgehead atoms. The minimum absolute atomic E-state index is 0.0614. The first-order valence-electron chi connectivity index (χ1n) is 9.57. The molecule has 166 valence electrons. The van der Waals surface area contributed by atoms with Gasteiger partial charge in [0.15, 0.2) is 5.78 Å². The second-order valence-corrected chi connectivity index (χ2v) is 11.0. The summed E-state index contributed by atoms with van der Waals surface area (Å²) in [6.45, 7) is 0. The van der Waals surface area contributed by atoms with Gasteiger partial charge in [-0.1, -0.05) is 0 Å². The van der Waals surface area contributed by atoms with Crippen molar-refractivity contribution in [1.82, 2.24) is 0 Å². The van der Waals surface area contributed by atoms with E-state index < -0.39 is 11.9 Å². The van der Waals surface area contributed by atoms with Gasteiger partial charge in [-0.2, -0.15) is 0 Å². The van der Waals surface area contributed by atoms with Gasteiger partial charge in [-0.3, -0.25) is 9.59 Å². The van der Waals surface area contributed by atoms with E-state index in [0.717, 1.165) is 24.8 Å². The fourth-order valence-corrected chi connectivity index (χ4v) is 6.30. The van der Waals surface area contributed by atoms with Gasteiger partial charge >= 0.3 is 5.97 Å². The summed E-state index contributed by atoms with van der Waals surface area (Å²) in [7, 11) is 3.27. The molecule has 0 amide bonds. The van der Waals surface area contributed by atoms with Gasteiger partial charge in [0.1, 0.15) is 11.5 Å². The summed E-state index contributed by atoms with van der Waals surface area (Å²) in [5.41, 5.74) is 0. The van der Waals surface area contributed by atoms with E-state index in [1.807, 2.05) is 24.3 Å². The number of carbonyl (C=O) groups excluding carboxylic acids is 1. The Labute approximate surface area is 209 Å². The molecule has 0 spiro atoms. The Hall–Kier alpha value is -1.94. The van der Waals surface area contributed by atoms with Gasteiger partial charge < -0.3 is 14.6 Å². The molecule has 1 saturated carbocycles. The van der Waals surface area contributed by atoms with Crippen LogP contribution in [0.5, 0.6) is 11.5 Å². The third kappa shape index (κ3) is 4.71. The number of fused-ring (bicyclic) bond motifs is 2. The number of Topliss-reactive ketones (excluding diaryl/α,β-unsaturated/α-hetero) is 1. The zero-order valence-corrected chi connectivity index (χ0v) is 21.9. The summed E-state index contributed by atoms with van der Waals surface area (Å²) in [4.78, 5) is 23.7. The third-order valence-electron chi connectivity index (χ3n) is 5.20. The summed E-state index contributed by atoms with van der Waals surface area (Å²) < 4.78 is 14.5. The first kappa shape index (κ1) is 23.2. The quantitative estimate of drug-likeness (QED) is 0.245. The summed E-state index contributed by atoms with van der Waals surface area (Å²) in [6.07, 6.45) is 0.454. The number of hydrogen-bond acceptors (Lipinski definition) is 6. The van der Waals surface area contributed by atoms with Crippen molar-refractivity contribution < 1.29 is 24.2 Å². The van der Waals surface area contributed by atoms with Crippen LogP contribution in [-0.4, -0.2) is 31.1 Å². The van der Waals surface area contributed by atoms with E-state index in [0.29, 0.717) is 17.0 Å². The summed E-state index contributed by atoms with van der Waals surface area (Å²) >= 11 is 9.96. The Bertz CT molecular complexity index is 1330. The number of benzene rings is 2. The maximum atomic E-state index is 12.2. The molecule has 1 aliphatic carbocycles. The van der Waals surface area contributed by atoms with Crippen LogP contribution in [-0.2, 0) is 4.79 Å². The molecule has 0 radical (unpaired) electrons. The Balaban J connectivity index is 0.000000174. The molecule has 5 nitrogen and oxygen atoms in total. The van der Waals surface area contributed by atoms with E-state index in [9.17, 15) is 9.59 Å². The van der Waals surface area contributed by atoms with E-state index in [-0.39, 0.29) is 11.7 Å². The lowest BCUT2D eigenvalue weighted by molar-refractivity contribution is -0.138. The number of carboxylic acid groups (broad SMARTS) is 1. The average Bonchev–Trinajstić information content (AvgIpc) is 3.28. The van der Waals surface area contributed by atoms with Crippen LogP contribution < -0.4 is 9.47 Å². The second kappa shape index (κ2) is 9.51. The first-order chi connectivity index (χ1) is 15.3. The molecule has 0 aliphatic heterocycles. The SMILES string of the molecule is COc1cc2sc(C(=O)[C@@H]3C[C@@H]3C(=O)O)cc2cc1Br.COc1cc2sccc2cc1Br. The predicted molar refractivity (Wildman–Crippen MR) is 136 cm³/mol. The van der Waals surface area contributed by atoms with E-state index in [1.165, 1.54) is 21.4 Å². The molecule has 0 unspecified atom stereocenters. The molecule has 2 atom stereocenters. The van der Waals surface area contributed by atoms with Crippen LogP contribution in [0.1, 0.15) is 16.1 Å². The maximum absolute atomic E-state index is 12.2. The average molecular weight is 598 g/mol. The largest absolute Gasteiger partial charge is 0.496 e. The zero-order chi connectivity index (χ0) is 23.0. The minimum atomic E-state index is -0.881. The fourth-order valence-electron chi connectivity index (χ4n) is 3.38. The van der Waals surface area contributed by atoms with Gasteiger partial charge in [0, 0.05) is 15.3 Å². The van der Waals surface area contributed by atoms with Crippen molar-refractivity contribution in [2.45, 2.75) is 6.42 Å². The van der Waals surface area contributed by atoms with Crippen LogP contribution in [0.25, 0.3) is 20.2 Å². The van der Waals surface area contributed by atoms with Crippen molar-refractivity contribution in [3.63, 3.8) is 0 Å². The lowest BCUT2D eigenvalue weighted by atomic mass is 10.1. The molecule has 32 heavy (non-hydrogen) atoms. The number of carboxylic acids is 1. The van der Waals surface area contributed by atoms with Crippen LogP contribution >= 0.6 is 54.5 Å². The van der Waals surface area contributed by atoms with Crippen LogP contribution in [0.4, 0.5) is 0 Å². The third-order valence-corrected chi connectivity index (χ3v) is 8.44. The maximum Gasteiger partial charge on any atom is 0.307 e. The number of thiophene rings is 2. The molecule has 1 fully saturated rings. The van der Waals surface area contributed by atoms with Crippen molar-refractivity contribution in [3.8, 4) is 11.5 Å². The van der Waals surface area contributed by atoms with Crippen molar-refractivity contribution in [2.24, 2.45) is 11.8 Å². The number of rotatable bonds is 5. The fraction of sp³-hybridized carbons (Fsp3) is 0.217. The van der Waals surface area contributed by atoms with E-state index in [1.54, 1.807) is 25.6 Å². The van der Waals surface area contributed by atoms with Crippen molar-refractivity contribution in [1.29, 1.82) is 0 Å². The highest BCUT2D eigenvalue weighted by atomic mass is 79.9. The highest BCUT2D eigenvalue weighted by molar-refractivity contribution is 9.11. The Morgan fingerprint density at radius 3 is 2.16 bits per heavy atom. The van der Waals surface area contributed by atoms with E-state index in [4.69, 9.17) is 14.6 Å². The Kier molecular flexibility index (Phi) is 6.90. The monoisotopic (exact) mass is 596 g/mol. The summed E-state index contributed by atoms with van der Waals surface area (Å²) in [5.74, 6) is -0.194. The molecule has 1 aliphatic rings. The lowest BCUT2D eigenvalue weighted by Crippen LogP contribution is -2.06. The molecule has 2 aromatic heterocycles. The van der Waals surface area contributed by atoms with E-state index >= 15 is 0 Å². The summed E-state index contributed by atoms with van der Waals surface area (Å²) in [5, 5.41) is 13.2. The van der Waals surface area contributed by atoms with Crippen molar-refractivity contribution >= 4 is 86.5 Å². The van der Waals surface area contributed by atoms with Gasteiger partial charge in [-0.25, -0.2) is 0 Å². The van der Waals surface area contributed by atoms with Crippen LogP contribution in [0.3, 0.4) is 0 Å².